The van der Waals surface area contributed by atoms with Gasteiger partial charge in [0.15, 0.2) is 0 Å². The van der Waals surface area contributed by atoms with Crippen LogP contribution in [0.25, 0.3) is 0 Å². The zero-order chi connectivity index (χ0) is 4.99. The van der Waals surface area contributed by atoms with E-state index in [4.69, 9.17) is 11.6 Å². The van der Waals surface area contributed by atoms with Crippen molar-refractivity contribution in [2.75, 3.05) is 5.88 Å². The lowest BCUT2D eigenvalue weighted by atomic mass is 10.6. The molecular formula is C4H6ClI. The highest BCUT2D eigenvalue weighted by molar-refractivity contribution is 14.1. The standard InChI is InChI=1S/C4H6ClI/c1-4(6)2-3-5/h2H,3H2,1H3/b4-2-. The van der Waals surface area contributed by atoms with Gasteiger partial charge < -0.3 is 0 Å². The van der Waals surface area contributed by atoms with E-state index >= 15 is 0 Å². The van der Waals surface area contributed by atoms with E-state index in [1.54, 1.807) is 0 Å². The normalized spacial score (nSPS) is 12.2. The van der Waals surface area contributed by atoms with Crippen LogP contribution in [0.4, 0.5) is 0 Å². The summed E-state index contributed by atoms with van der Waals surface area (Å²) < 4.78 is 1.25. The first-order chi connectivity index (χ1) is 2.77. The summed E-state index contributed by atoms with van der Waals surface area (Å²) in [7, 11) is 0. The molecule has 0 saturated heterocycles. The van der Waals surface area contributed by atoms with Crippen LogP contribution < -0.4 is 0 Å². The SMILES string of the molecule is C/C(I)=C/CCl. The van der Waals surface area contributed by atoms with Crippen molar-refractivity contribution in [3.05, 3.63) is 9.66 Å². The van der Waals surface area contributed by atoms with Crippen molar-refractivity contribution in [2.45, 2.75) is 6.92 Å². The fourth-order valence-electron chi connectivity index (χ4n) is 0.106. The summed E-state index contributed by atoms with van der Waals surface area (Å²) in [5.41, 5.74) is 0. The van der Waals surface area contributed by atoms with Crippen molar-refractivity contribution in [1.29, 1.82) is 0 Å². The molecule has 0 unspecified atom stereocenters. The lowest BCUT2D eigenvalue weighted by Gasteiger charge is -1.76. The summed E-state index contributed by atoms with van der Waals surface area (Å²) in [4.78, 5) is 0. The fraction of sp³-hybridized carbons (Fsp3) is 0.500. The van der Waals surface area contributed by atoms with Gasteiger partial charge >= 0.3 is 0 Å². The van der Waals surface area contributed by atoms with Gasteiger partial charge in [-0.25, -0.2) is 0 Å². The number of hydrogen-bond donors (Lipinski definition) is 0. The summed E-state index contributed by atoms with van der Waals surface area (Å²) in [5.74, 6) is 0.634. The Kier molecular flexibility index (Phi) is 4.43. The number of rotatable bonds is 1. The van der Waals surface area contributed by atoms with Crippen LogP contribution in [-0.2, 0) is 0 Å². The van der Waals surface area contributed by atoms with E-state index in [0.29, 0.717) is 5.88 Å². The summed E-state index contributed by atoms with van der Waals surface area (Å²) in [6, 6.07) is 0. The van der Waals surface area contributed by atoms with Crippen molar-refractivity contribution < 1.29 is 0 Å². The molecule has 0 bridgehead atoms. The van der Waals surface area contributed by atoms with Crippen LogP contribution in [0.5, 0.6) is 0 Å². The molecule has 6 heavy (non-hydrogen) atoms. The van der Waals surface area contributed by atoms with Crippen molar-refractivity contribution in [3.8, 4) is 0 Å². The van der Waals surface area contributed by atoms with Crippen LogP contribution in [0, 0.1) is 0 Å². The minimum atomic E-state index is 0.634. The first kappa shape index (κ1) is 6.76. The molecular weight excluding hydrogens is 210 g/mol. The molecule has 0 saturated carbocycles. The van der Waals surface area contributed by atoms with Gasteiger partial charge in [-0.05, 0) is 33.1 Å². The molecule has 0 aromatic rings. The maximum Gasteiger partial charge on any atom is 0.0414 e. The van der Waals surface area contributed by atoms with Gasteiger partial charge in [-0.1, -0.05) is 6.08 Å². The Balaban J connectivity index is 3.14. The summed E-state index contributed by atoms with van der Waals surface area (Å²) in [6.07, 6.45) is 1.96. The lowest BCUT2D eigenvalue weighted by Crippen LogP contribution is -1.58. The molecule has 0 heterocycles. The predicted molar refractivity (Wildman–Crippen MR) is 38.5 cm³/mol. The quantitative estimate of drug-likeness (QED) is 0.467. The third-order valence-electron chi connectivity index (χ3n) is 0.358. The Morgan fingerprint density at radius 3 is 2.50 bits per heavy atom. The van der Waals surface area contributed by atoms with E-state index in [0.717, 1.165) is 0 Å². The molecule has 0 atom stereocenters. The summed E-state index contributed by atoms with van der Waals surface area (Å²) >= 11 is 7.53. The Morgan fingerprint density at radius 2 is 2.50 bits per heavy atom. The van der Waals surface area contributed by atoms with E-state index in [-0.39, 0.29) is 0 Å². The van der Waals surface area contributed by atoms with Gasteiger partial charge in [0, 0.05) is 5.88 Å². The third-order valence-corrected chi connectivity index (χ3v) is 0.953. The molecule has 0 aromatic carbocycles. The smallest absolute Gasteiger partial charge is 0.0414 e. The molecule has 0 radical (unpaired) electrons. The molecule has 0 N–H and O–H groups in total. The molecule has 0 aliphatic rings. The molecule has 0 fully saturated rings. The van der Waals surface area contributed by atoms with Gasteiger partial charge in [-0.15, -0.1) is 11.6 Å². The number of hydrogen-bond acceptors (Lipinski definition) is 0. The van der Waals surface area contributed by atoms with Crippen LogP contribution in [0.1, 0.15) is 6.92 Å². The largest absolute Gasteiger partial charge is 0.122 e. The minimum Gasteiger partial charge on any atom is -0.122 e. The average Bonchev–Trinajstić information content (AvgIpc) is 1.35. The Morgan fingerprint density at radius 1 is 2.00 bits per heavy atom. The molecule has 0 amide bonds. The van der Waals surface area contributed by atoms with Crippen molar-refractivity contribution >= 4 is 34.2 Å². The highest BCUT2D eigenvalue weighted by Crippen LogP contribution is 2.01. The Bertz CT molecular complexity index is 54.6. The van der Waals surface area contributed by atoms with E-state index in [2.05, 4.69) is 22.6 Å². The second kappa shape index (κ2) is 3.93. The first-order valence-corrected chi connectivity index (χ1v) is 3.27. The average molecular weight is 216 g/mol. The van der Waals surface area contributed by atoms with E-state index in [1.807, 2.05) is 13.0 Å². The highest BCUT2D eigenvalue weighted by atomic mass is 127. The van der Waals surface area contributed by atoms with Crippen LogP contribution in [0.3, 0.4) is 0 Å². The molecule has 0 aliphatic carbocycles. The van der Waals surface area contributed by atoms with Crippen LogP contribution >= 0.6 is 34.2 Å². The second-order valence-electron chi connectivity index (χ2n) is 0.945. The van der Waals surface area contributed by atoms with Crippen molar-refractivity contribution in [1.82, 2.24) is 0 Å². The Labute approximate surface area is 56.7 Å². The number of alkyl halides is 1. The van der Waals surface area contributed by atoms with Gasteiger partial charge in [0.2, 0.25) is 0 Å². The summed E-state index contributed by atoms with van der Waals surface area (Å²) in [6.45, 7) is 2.02. The fourth-order valence-corrected chi connectivity index (χ4v) is 0.818. The zero-order valence-corrected chi connectivity index (χ0v) is 6.45. The number of halogens is 2. The molecule has 0 rings (SSSR count). The maximum absolute atomic E-state index is 5.32. The van der Waals surface area contributed by atoms with Crippen LogP contribution in [0.15, 0.2) is 9.66 Å². The first-order valence-electron chi connectivity index (χ1n) is 1.65. The van der Waals surface area contributed by atoms with Gasteiger partial charge in [0.05, 0.1) is 0 Å². The zero-order valence-electron chi connectivity index (χ0n) is 3.54. The summed E-state index contributed by atoms with van der Waals surface area (Å²) in [5, 5.41) is 0. The monoisotopic (exact) mass is 216 g/mol. The van der Waals surface area contributed by atoms with Gasteiger partial charge in [0.1, 0.15) is 0 Å². The molecule has 0 spiro atoms. The van der Waals surface area contributed by atoms with E-state index < -0.39 is 0 Å². The maximum atomic E-state index is 5.32. The molecule has 2 heteroatoms. The van der Waals surface area contributed by atoms with Crippen molar-refractivity contribution in [3.63, 3.8) is 0 Å². The molecule has 36 valence electrons. The van der Waals surface area contributed by atoms with Crippen LogP contribution in [0.2, 0.25) is 0 Å². The van der Waals surface area contributed by atoms with Crippen molar-refractivity contribution in [2.24, 2.45) is 0 Å². The Hall–Kier alpha value is 0.760. The topological polar surface area (TPSA) is 0 Å². The van der Waals surface area contributed by atoms with Crippen LogP contribution in [-0.4, -0.2) is 5.88 Å². The van der Waals surface area contributed by atoms with Gasteiger partial charge in [-0.3, -0.25) is 0 Å². The minimum absolute atomic E-state index is 0.634. The second-order valence-corrected chi connectivity index (χ2v) is 2.96. The van der Waals surface area contributed by atoms with E-state index in [9.17, 15) is 0 Å². The van der Waals surface area contributed by atoms with Gasteiger partial charge in [-0.2, -0.15) is 0 Å². The third kappa shape index (κ3) is 4.76. The molecule has 0 aromatic heterocycles. The number of allylic oxidation sites excluding steroid dienone is 2. The lowest BCUT2D eigenvalue weighted by molar-refractivity contribution is 1.63. The van der Waals surface area contributed by atoms with Gasteiger partial charge in [0.25, 0.3) is 0 Å². The molecule has 0 nitrogen and oxygen atoms in total. The van der Waals surface area contributed by atoms with E-state index in [1.165, 1.54) is 3.58 Å². The predicted octanol–water partition coefficient (Wildman–Crippen LogP) is 2.56. The molecule has 0 aliphatic heterocycles. The highest BCUT2D eigenvalue weighted by Gasteiger charge is 1.71.